The van der Waals surface area contributed by atoms with Crippen LogP contribution in [0.3, 0.4) is 0 Å². The second-order valence-electron chi connectivity index (χ2n) is 7.72. The van der Waals surface area contributed by atoms with Gasteiger partial charge in [-0.25, -0.2) is 12.1 Å². The molecule has 0 bridgehead atoms. The first-order chi connectivity index (χ1) is 14.7. The van der Waals surface area contributed by atoms with Crippen LogP contribution in [0.15, 0.2) is 109 Å². The minimum Gasteiger partial charge on any atom is -0.748 e. The van der Waals surface area contributed by atoms with E-state index in [4.69, 9.17) is 0 Å². The van der Waals surface area contributed by atoms with E-state index >= 15 is 0 Å². The predicted molar refractivity (Wildman–Crippen MR) is 127 cm³/mol. The first-order valence-electron chi connectivity index (χ1n) is 11.0. The van der Waals surface area contributed by atoms with Gasteiger partial charge in [-0.3, -0.25) is 0 Å². The molecule has 0 aromatic heterocycles. The number of rotatable bonds is 8. The standard InChI is InChI=1S/C24H27O.C5H5.Fe/c1-2-3-4-6-11-20-16-18-23(19-17-20)24(25,22-14-9-10-15-22)21-12-7-5-8-13-21;1-2-4-5-3-1;/h5,7-10,12-19,25H,2-4,6,11H2,1H3;1-5H;/q-1;-5;. The molecular formula is C29H32FeO-6. The Kier molecular flexibility index (Phi) is 10.5. The molecule has 0 radical (unpaired) electrons. The Labute approximate surface area is 198 Å². The Morgan fingerprint density at radius 3 is 1.81 bits per heavy atom. The average molecular weight is 452 g/mol. The summed E-state index contributed by atoms with van der Waals surface area (Å²) in [4.78, 5) is 0. The number of hydrogen-bond acceptors (Lipinski definition) is 1. The maximum absolute atomic E-state index is 11.7. The topological polar surface area (TPSA) is 20.2 Å². The van der Waals surface area contributed by atoms with Gasteiger partial charge in [0.1, 0.15) is 0 Å². The van der Waals surface area contributed by atoms with Crippen molar-refractivity contribution in [1.82, 2.24) is 0 Å². The molecule has 31 heavy (non-hydrogen) atoms. The number of aliphatic hydroxyl groups is 1. The molecule has 1 atom stereocenters. The van der Waals surface area contributed by atoms with Crippen LogP contribution in [0.2, 0.25) is 0 Å². The summed E-state index contributed by atoms with van der Waals surface area (Å²) in [5.74, 6) is 0. The molecule has 4 aromatic rings. The minimum absolute atomic E-state index is 0. The summed E-state index contributed by atoms with van der Waals surface area (Å²) in [6.07, 6.45) is 6.21. The number of unbranched alkanes of at least 4 members (excludes halogenated alkanes) is 3. The zero-order valence-electron chi connectivity index (χ0n) is 18.2. The van der Waals surface area contributed by atoms with Gasteiger partial charge in [-0.2, -0.15) is 12.1 Å². The Bertz CT molecular complexity index is 907. The number of hydrogen-bond donors (Lipinski definition) is 1. The summed E-state index contributed by atoms with van der Waals surface area (Å²) in [7, 11) is 0. The van der Waals surface area contributed by atoms with Crippen molar-refractivity contribution in [2.45, 2.75) is 44.6 Å². The summed E-state index contributed by atoms with van der Waals surface area (Å²) in [6, 6.07) is 36.3. The summed E-state index contributed by atoms with van der Waals surface area (Å²) in [5.41, 5.74) is 2.97. The van der Waals surface area contributed by atoms with E-state index < -0.39 is 5.60 Å². The molecule has 0 saturated heterocycles. The van der Waals surface area contributed by atoms with Gasteiger partial charge < -0.3 is 35.4 Å². The number of aryl methyl sites for hydroxylation is 1. The molecule has 1 unspecified atom stereocenters. The largest absolute Gasteiger partial charge is 0.748 e. The van der Waals surface area contributed by atoms with E-state index in [2.05, 4.69) is 31.2 Å². The van der Waals surface area contributed by atoms with Crippen LogP contribution in [0.5, 0.6) is 0 Å². The molecule has 0 aliphatic heterocycles. The smallest absolute Gasteiger partial charge is 0.0962 e. The van der Waals surface area contributed by atoms with Crippen LogP contribution in [0.25, 0.3) is 0 Å². The molecule has 0 fully saturated rings. The van der Waals surface area contributed by atoms with E-state index in [0.29, 0.717) is 0 Å². The van der Waals surface area contributed by atoms with Crippen LogP contribution >= 0.6 is 0 Å². The van der Waals surface area contributed by atoms with Crippen LogP contribution in [0.1, 0.15) is 54.9 Å². The third kappa shape index (κ3) is 6.80. The van der Waals surface area contributed by atoms with Gasteiger partial charge in [-0.05, 0) is 29.5 Å². The van der Waals surface area contributed by atoms with Crippen LogP contribution in [-0.2, 0) is 29.1 Å². The first-order valence-corrected chi connectivity index (χ1v) is 11.0. The molecule has 0 saturated carbocycles. The molecule has 168 valence electrons. The molecule has 4 aromatic carbocycles. The maximum atomic E-state index is 11.7. The molecule has 1 N–H and O–H groups in total. The van der Waals surface area contributed by atoms with Crippen molar-refractivity contribution >= 4 is 0 Å². The van der Waals surface area contributed by atoms with Crippen LogP contribution in [0, 0.1) is 0 Å². The fraction of sp³-hybridized carbons (Fsp3) is 0.241. The third-order valence-electron chi connectivity index (χ3n) is 5.52. The van der Waals surface area contributed by atoms with Crippen LogP contribution in [0.4, 0.5) is 0 Å². The van der Waals surface area contributed by atoms with E-state index in [1.54, 1.807) is 0 Å². The zero-order valence-corrected chi connectivity index (χ0v) is 19.3. The van der Waals surface area contributed by atoms with E-state index in [1.165, 1.54) is 31.2 Å². The summed E-state index contributed by atoms with van der Waals surface area (Å²) in [6.45, 7) is 2.24. The van der Waals surface area contributed by atoms with Crippen LogP contribution in [-0.4, -0.2) is 5.11 Å². The Morgan fingerprint density at radius 2 is 1.26 bits per heavy atom. The normalized spacial score (nSPS) is 12.2. The van der Waals surface area contributed by atoms with Crippen molar-refractivity contribution in [3.05, 3.63) is 131 Å². The van der Waals surface area contributed by atoms with Gasteiger partial charge >= 0.3 is 0 Å². The van der Waals surface area contributed by atoms with Gasteiger partial charge in [0.25, 0.3) is 0 Å². The van der Waals surface area contributed by atoms with E-state index in [9.17, 15) is 5.11 Å². The molecule has 4 rings (SSSR count). The molecular weight excluding hydrogens is 420 g/mol. The monoisotopic (exact) mass is 452 g/mol. The van der Waals surface area contributed by atoms with Gasteiger partial charge in [0.15, 0.2) is 0 Å². The van der Waals surface area contributed by atoms with E-state index in [0.717, 1.165) is 23.1 Å². The van der Waals surface area contributed by atoms with Gasteiger partial charge in [0, 0.05) is 17.1 Å². The SMILES string of the molecule is CCCCCCc1ccc(C(O)(c2ccccc2)[c-]2cccc2)cc1.[Fe].[cH-]1[cH-][cH-][cH-][cH-]1. The van der Waals surface area contributed by atoms with Crippen LogP contribution < -0.4 is 0 Å². The quantitative estimate of drug-likeness (QED) is 0.170. The fourth-order valence-corrected chi connectivity index (χ4v) is 3.78. The molecule has 0 spiro atoms. The van der Waals surface area contributed by atoms with Crippen molar-refractivity contribution in [1.29, 1.82) is 0 Å². The van der Waals surface area contributed by atoms with Crippen molar-refractivity contribution in [2.24, 2.45) is 0 Å². The molecule has 0 heterocycles. The summed E-state index contributed by atoms with van der Waals surface area (Å²) >= 11 is 0. The van der Waals surface area contributed by atoms with Gasteiger partial charge in [0.2, 0.25) is 0 Å². The van der Waals surface area contributed by atoms with Crippen molar-refractivity contribution in [3.8, 4) is 0 Å². The maximum Gasteiger partial charge on any atom is 0.0962 e. The second-order valence-corrected chi connectivity index (χ2v) is 7.72. The first kappa shape index (κ1) is 24.9. The van der Waals surface area contributed by atoms with E-state index in [1.807, 2.05) is 84.9 Å². The van der Waals surface area contributed by atoms with E-state index in [-0.39, 0.29) is 17.1 Å². The summed E-state index contributed by atoms with van der Waals surface area (Å²) < 4.78 is 0. The minimum atomic E-state index is -1.11. The molecule has 0 aliphatic rings. The second kappa shape index (κ2) is 13.1. The van der Waals surface area contributed by atoms with Crippen molar-refractivity contribution in [3.63, 3.8) is 0 Å². The fourth-order valence-electron chi connectivity index (χ4n) is 3.78. The van der Waals surface area contributed by atoms with Gasteiger partial charge in [-0.1, -0.05) is 80.8 Å². The number of benzene rings is 2. The van der Waals surface area contributed by atoms with Crippen molar-refractivity contribution < 1.29 is 22.2 Å². The third-order valence-corrected chi connectivity index (χ3v) is 5.52. The predicted octanol–water partition coefficient (Wildman–Crippen LogP) is 7.22. The Hall–Kier alpha value is -2.38. The Balaban J connectivity index is 0.000000501. The van der Waals surface area contributed by atoms with Gasteiger partial charge in [-0.15, -0.1) is 5.56 Å². The zero-order chi connectivity index (χ0) is 21.1. The summed E-state index contributed by atoms with van der Waals surface area (Å²) in [5, 5.41) is 11.7. The molecule has 1 nitrogen and oxygen atoms in total. The van der Waals surface area contributed by atoms with Gasteiger partial charge in [0.05, 0.1) is 5.60 Å². The molecule has 0 aliphatic carbocycles. The Morgan fingerprint density at radius 1 is 0.710 bits per heavy atom. The average Bonchev–Trinajstić information content (AvgIpc) is 3.54. The molecule has 0 amide bonds. The van der Waals surface area contributed by atoms with Crippen molar-refractivity contribution in [2.75, 3.05) is 0 Å². The molecule has 2 heteroatoms.